The Hall–Kier alpha value is -2.52. The maximum absolute atomic E-state index is 8.41. The maximum atomic E-state index is 8.41. The first-order valence-corrected chi connectivity index (χ1v) is 5.08. The number of hydrogen-bond acceptors (Lipinski definition) is 8. The summed E-state index contributed by atoms with van der Waals surface area (Å²) < 4.78 is 10.2. The fourth-order valence-corrected chi connectivity index (χ4v) is 0.878. The smallest absolute Gasteiger partial charge is 0.193 e. The van der Waals surface area contributed by atoms with Crippen LogP contribution in [0.2, 0.25) is 0 Å². The molecule has 18 heavy (non-hydrogen) atoms. The normalized spacial score (nSPS) is 8.44. The van der Waals surface area contributed by atoms with Gasteiger partial charge in [-0.25, -0.2) is 9.80 Å². The van der Waals surface area contributed by atoms with Gasteiger partial charge in [0.25, 0.3) is 0 Å². The molecule has 0 aromatic heterocycles. The van der Waals surface area contributed by atoms with Crippen LogP contribution in [0.5, 0.6) is 0 Å². The van der Waals surface area contributed by atoms with Gasteiger partial charge in [-0.05, 0) is 0 Å². The summed E-state index contributed by atoms with van der Waals surface area (Å²) in [5, 5.41) is 33.7. The Balaban J connectivity index is 3.34. The third-order valence-corrected chi connectivity index (χ3v) is 1.77. The highest BCUT2D eigenvalue weighted by Crippen LogP contribution is 1.85. The molecule has 0 aliphatic rings. The molecule has 0 aliphatic heterocycles. The summed E-state index contributed by atoms with van der Waals surface area (Å²) in [6.07, 6.45) is 6.73. The zero-order valence-corrected chi connectivity index (χ0v) is 9.74. The van der Waals surface area contributed by atoms with Crippen LogP contribution in [-0.2, 0) is 9.47 Å². The molecule has 0 unspecified atom stereocenters. The quantitative estimate of drug-likeness (QED) is 0.305. The standard InChI is InChI=1S/C10H12N6O2/c11-7-15(8-12)1-3-17-5-6-18-4-2-16(9-13)10-14/h1-6H2. The molecule has 0 fully saturated rings. The van der Waals surface area contributed by atoms with E-state index >= 15 is 0 Å². The zero-order chi connectivity index (χ0) is 13.6. The van der Waals surface area contributed by atoms with E-state index in [1.807, 2.05) is 0 Å². The lowest BCUT2D eigenvalue weighted by Crippen LogP contribution is -2.20. The van der Waals surface area contributed by atoms with Gasteiger partial charge in [0.2, 0.25) is 0 Å². The predicted molar refractivity (Wildman–Crippen MR) is 57.5 cm³/mol. The van der Waals surface area contributed by atoms with Gasteiger partial charge >= 0.3 is 0 Å². The lowest BCUT2D eigenvalue weighted by molar-refractivity contribution is 0.0435. The Bertz CT molecular complexity index is 319. The third kappa shape index (κ3) is 7.73. The SMILES string of the molecule is N#CN(C#N)CCOCCOCCN(C#N)C#N. The molecule has 0 saturated heterocycles. The first-order chi connectivity index (χ1) is 8.78. The third-order valence-electron chi connectivity index (χ3n) is 1.77. The highest BCUT2D eigenvalue weighted by molar-refractivity contribution is 4.86. The molecule has 8 nitrogen and oxygen atoms in total. The molecule has 0 saturated carbocycles. The summed E-state index contributed by atoms with van der Waals surface area (Å²) in [4.78, 5) is 1.80. The van der Waals surface area contributed by atoms with Gasteiger partial charge in [0, 0.05) is 0 Å². The fraction of sp³-hybridized carbons (Fsp3) is 0.600. The Labute approximate surface area is 105 Å². The number of nitriles is 4. The second kappa shape index (κ2) is 11.0. The molecule has 0 bridgehead atoms. The second-order valence-electron chi connectivity index (χ2n) is 2.93. The minimum Gasteiger partial charge on any atom is -0.377 e. The highest BCUT2D eigenvalue weighted by Gasteiger charge is 2.00. The molecular formula is C10H12N6O2. The van der Waals surface area contributed by atoms with Gasteiger partial charge in [0.05, 0.1) is 39.5 Å². The number of rotatable bonds is 9. The van der Waals surface area contributed by atoms with Crippen molar-refractivity contribution in [2.45, 2.75) is 0 Å². The van der Waals surface area contributed by atoms with E-state index in [9.17, 15) is 0 Å². The molecule has 0 rings (SSSR count). The second-order valence-corrected chi connectivity index (χ2v) is 2.93. The van der Waals surface area contributed by atoms with E-state index in [0.29, 0.717) is 13.2 Å². The maximum Gasteiger partial charge on any atom is 0.193 e. The van der Waals surface area contributed by atoms with Gasteiger partial charge in [-0.2, -0.15) is 21.0 Å². The van der Waals surface area contributed by atoms with E-state index in [-0.39, 0.29) is 26.3 Å². The van der Waals surface area contributed by atoms with Crippen molar-refractivity contribution in [3.63, 3.8) is 0 Å². The summed E-state index contributed by atoms with van der Waals surface area (Å²) in [6.45, 7) is 1.58. The lowest BCUT2D eigenvalue weighted by atomic mass is 10.6. The van der Waals surface area contributed by atoms with E-state index in [1.165, 1.54) is 0 Å². The van der Waals surface area contributed by atoms with Gasteiger partial charge in [-0.3, -0.25) is 0 Å². The first-order valence-electron chi connectivity index (χ1n) is 5.08. The summed E-state index contributed by atoms with van der Waals surface area (Å²) >= 11 is 0. The van der Waals surface area contributed by atoms with Crippen LogP contribution in [0.25, 0.3) is 0 Å². The monoisotopic (exact) mass is 248 g/mol. The van der Waals surface area contributed by atoms with Crippen molar-refractivity contribution in [1.82, 2.24) is 9.80 Å². The summed E-state index contributed by atoms with van der Waals surface area (Å²) in [5.74, 6) is 0. The molecular weight excluding hydrogens is 236 g/mol. The van der Waals surface area contributed by atoms with Crippen molar-refractivity contribution < 1.29 is 9.47 Å². The van der Waals surface area contributed by atoms with Gasteiger partial charge in [-0.15, -0.1) is 0 Å². The Morgan fingerprint density at radius 2 is 0.944 bits per heavy atom. The average molecular weight is 248 g/mol. The van der Waals surface area contributed by atoms with Crippen molar-refractivity contribution in [3.05, 3.63) is 0 Å². The molecule has 0 heterocycles. The topological polar surface area (TPSA) is 120 Å². The van der Waals surface area contributed by atoms with Crippen molar-refractivity contribution in [1.29, 1.82) is 21.0 Å². The van der Waals surface area contributed by atoms with Crippen LogP contribution in [0.3, 0.4) is 0 Å². The first kappa shape index (κ1) is 15.5. The van der Waals surface area contributed by atoms with Crippen LogP contribution in [0, 0.1) is 45.8 Å². The molecule has 0 radical (unpaired) electrons. The van der Waals surface area contributed by atoms with Crippen LogP contribution in [0.15, 0.2) is 0 Å². The number of nitrogens with zero attached hydrogens (tertiary/aromatic N) is 6. The molecule has 8 heteroatoms. The predicted octanol–water partition coefficient (Wildman–Crippen LogP) is -0.452. The fourth-order valence-electron chi connectivity index (χ4n) is 0.878. The van der Waals surface area contributed by atoms with Crippen molar-refractivity contribution >= 4 is 0 Å². The average Bonchev–Trinajstić information content (AvgIpc) is 2.41. The molecule has 0 spiro atoms. The van der Waals surface area contributed by atoms with Crippen LogP contribution < -0.4 is 0 Å². The molecule has 0 aliphatic carbocycles. The van der Waals surface area contributed by atoms with E-state index in [4.69, 9.17) is 30.5 Å². The Morgan fingerprint density at radius 3 is 1.22 bits per heavy atom. The zero-order valence-electron chi connectivity index (χ0n) is 9.74. The van der Waals surface area contributed by atoms with E-state index in [1.54, 1.807) is 24.8 Å². The molecule has 94 valence electrons. The molecule has 0 atom stereocenters. The summed E-state index contributed by atoms with van der Waals surface area (Å²) in [5.41, 5.74) is 0. The summed E-state index contributed by atoms with van der Waals surface area (Å²) in [7, 11) is 0. The molecule has 0 aromatic rings. The van der Waals surface area contributed by atoms with Gasteiger partial charge in [0.15, 0.2) is 24.8 Å². The van der Waals surface area contributed by atoms with Crippen molar-refractivity contribution in [2.75, 3.05) is 39.5 Å². The van der Waals surface area contributed by atoms with Gasteiger partial charge in [0.1, 0.15) is 0 Å². The van der Waals surface area contributed by atoms with Crippen LogP contribution >= 0.6 is 0 Å². The van der Waals surface area contributed by atoms with E-state index in [2.05, 4.69) is 0 Å². The molecule has 0 N–H and O–H groups in total. The number of hydrogen-bond donors (Lipinski definition) is 0. The van der Waals surface area contributed by atoms with Crippen LogP contribution in [0.1, 0.15) is 0 Å². The largest absolute Gasteiger partial charge is 0.377 e. The van der Waals surface area contributed by atoms with Gasteiger partial charge < -0.3 is 9.47 Å². The minimum atomic E-state index is 0.212. The van der Waals surface area contributed by atoms with E-state index in [0.717, 1.165) is 9.80 Å². The Morgan fingerprint density at radius 1 is 0.611 bits per heavy atom. The minimum absolute atomic E-state index is 0.212. The van der Waals surface area contributed by atoms with Gasteiger partial charge in [-0.1, -0.05) is 0 Å². The number of ether oxygens (including phenoxy) is 2. The van der Waals surface area contributed by atoms with Crippen LogP contribution in [0.4, 0.5) is 0 Å². The van der Waals surface area contributed by atoms with Crippen molar-refractivity contribution in [3.8, 4) is 24.8 Å². The Kier molecular flexibility index (Phi) is 9.44. The van der Waals surface area contributed by atoms with Crippen molar-refractivity contribution in [2.24, 2.45) is 0 Å². The van der Waals surface area contributed by atoms with E-state index < -0.39 is 0 Å². The molecule has 0 aromatic carbocycles. The molecule has 0 amide bonds. The summed E-state index contributed by atoms with van der Waals surface area (Å²) in [6, 6.07) is 0. The highest BCUT2D eigenvalue weighted by atomic mass is 16.5. The lowest BCUT2D eigenvalue weighted by Gasteiger charge is -2.08. The van der Waals surface area contributed by atoms with Crippen LogP contribution in [-0.4, -0.2) is 49.3 Å².